The number of nitrogens with two attached hydrogens (primary N) is 1. The van der Waals surface area contributed by atoms with Gasteiger partial charge < -0.3 is 10.6 Å². The van der Waals surface area contributed by atoms with Gasteiger partial charge in [0.2, 0.25) is 0 Å². The number of hydrogen-bond donors (Lipinski definition) is 1. The zero-order valence-corrected chi connectivity index (χ0v) is 11.9. The SMILES string of the molecule is CCC1CCN(c2snc(N)c2-c2ccncc2)C1. The molecule has 1 aliphatic heterocycles. The molecular formula is C14H18N4S. The van der Waals surface area contributed by atoms with E-state index in [9.17, 15) is 0 Å². The lowest BCUT2D eigenvalue weighted by Crippen LogP contribution is -2.19. The zero-order chi connectivity index (χ0) is 13.2. The lowest BCUT2D eigenvalue weighted by atomic mass is 10.1. The van der Waals surface area contributed by atoms with Crippen LogP contribution in [-0.4, -0.2) is 22.4 Å². The smallest absolute Gasteiger partial charge is 0.147 e. The van der Waals surface area contributed by atoms with Crippen molar-refractivity contribution in [1.29, 1.82) is 0 Å². The summed E-state index contributed by atoms with van der Waals surface area (Å²) in [5.41, 5.74) is 8.24. The van der Waals surface area contributed by atoms with Crippen LogP contribution in [0.3, 0.4) is 0 Å². The van der Waals surface area contributed by atoms with Crippen molar-refractivity contribution in [2.24, 2.45) is 5.92 Å². The lowest BCUT2D eigenvalue weighted by Gasteiger charge is -2.18. The molecule has 1 unspecified atom stereocenters. The Labute approximate surface area is 117 Å². The molecule has 0 aromatic carbocycles. The molecule has 1 aliphatic rings. The van der Waals surface area contributed by atoms with Gasteiger partial charge in [-0.2, -0.15) is 4.37 Å². The van der Waals surface area contributed by atoms with Crippen molar-refractivity contribution >= 4 is 22.4 Å². The molecule has 0 bridgehead atoms. The first-order valence-corrected chi connectivity index (χ1v) is 7.47. The summed E-state index contributed by atoms with van der Waals surface area (Å²) in [5, 5.41) is 1.21. The van der Waals surface area contributed by atoms with Crippen LogP contribution in [0.4, 0.5) is 10.8 Å². The van der Waals surface area contributed by atoms with Gasteiger partial charge in [0.25, 0.3) is 0 Å². The number of pyridine rings is 1. The third-order valence-electron chi connectivity index (χ3n) is 3.82. The Morgan fingerprint density at radius 1 is 1.42 bits per heavy atom. The van der Waals surface area contributed by atoms with Gasteiger partial charge in [-0.15, -0.1) is 0 Å². The van der Waals surface area contributed by atoms with E-state index in [-0.39, 0.29) is 0 Å². The molecule has 0 spiro atoms. The summed E-state index contributed by atoms with van der Waals surface area (Å²) >= 11 is 1.51. The minimum atomic E-state index is 0.631. The normalized spacial score (nSPS) is 19.0. The second kappa shape index (κ2) is 5.17. The Morgan fingerprint density at radius 3 is 2.89 bits per heavy atom. The van der Waals surface area contributed by atoms with E-state index in [1.54, 1.807) is 12.4 Å². The molecule has 1 fully saturated rings. The van der Waals surface area contributed by atoms with Crippen molar-refractivity contribution in [2.75, 3.05) is 23.7 Å². The summed E-state index contributed by atoms with van der Waals surface area (Å²) in [4.78, 5) is 6.49. The van der Waals surface area contributed by atoms with Gasteiger partial charge in [0.15, 0.2) is 0 Å². The van der Waals surface area contributed by atoms with Crippen LogP contribution in [0.15, 0.2) is 24.5 Å². The van der Waals surface area contributed by atoms with E-state index in [4.69, 9.17) is 5.73 Å². The summed E-state index contributed by atoms with van der Waals surface area (Å²) in [7, 11) is 0. The fourth-order valence-corrected chi connectivity index (χ4v) is 3.52. The molecule has 100 valence electrons. The first kappa shape index (κ1) is 12.4. The molecule has 3 rings (SSSR count). The highest BCUT2D eigenvalue weighted by Gasteiger charge is 2.26. The highest BCUT2D eigenvalue weighted by atomic mass is 32.1. The van der Waals surface area contributed by atoms with Gasteiger partial charge in [0.05, 0.1) is 5.56 Å². The fraction of sp³-hybridized carbons (Fsp3) is 0.429. The molecule has 1 saturated heterocycles. The van der Waals surface area contributed by atoms with Gasteiger partial charge in [-0.05, 0) is 41.6 Å². The van der Waals surface area contributed by atoms with E-state index in [1.165, 1.54) is 29.4 Å². The number of hydrogen-bond acceptors (Lipinski definition) is 5. The van der Waals surface area contributed by atoms with Crippen LogP contribution in [0.5, 0.6) is 0 Å². The molecule has 4 nitrogen and oxygen atoms in total. The van der Waals surface area contributed by atoms with Crippen LogP contribution in [0.2, 0.25) is 0 Å². The average Bonchev–Trinajstić information content (AvgIpc) is 3.05. The molecule has 1 atom stereocenters. The first-order chi connectivity index (χ1) is 9.29. The highest BCUT2D eigenvalue weighted by molar-refractivity contribution is 7.11. The van der Waals surface area contributed by atoms with Crippen molar-refractivity contribution in [2.45, 2.75) is 19.8 Å². The van der Waals surface area contributed by atoms with Gasteiger partial charge in [0, 0.05) is 25.5 Å². The second-order valence-corrected chi connectivity index (χ2v) is 5.74. The molecular weight excluding hydrogens is 256 g/mol. The largest absolute Gasteiger partial charge is 0.382 e. The Morgan fingerprint density at radius 2 is 2.21 bits per heavy atom. The van der Waals surface area contributed by atoms with E-state index in [2.05, 4.69) is 21.2 Å². The van der Waals surface area contributed by atoms with Gasteiger partial charge >= 0.3 is 0 Å². The summed E-state index contributed by atoms with van der Waals surface area (Å²) < 4.78 is 4.35. The van der Waals surface area contributed by atoms with Crippen LogP contribution in [0, 0.1) is 5.92 Å². The second-order valence-electron chi connectivity index (χ2n) is 4.99. The van der Waals surface area contributed by atoms with Crippen LogP contribution in [0.1, 0.15) is 19.8 Å². The van der Waals surface area contributed by atoms with E-state index in [1.807, 2.05) is 12.1 Å². The topological polar surface area (TPSA) is 55.0 Å². The third kappa shape index (κ3) is 2.30. The molecule has 2 aromatic heterocycles. The maximum absolute atomic E-state index is 6.06. The van der Waals surface area contributed by atoms with Crippen molar-refractivity contribution in [3.63, 3.8) is 0 Å². The minimum absolute atomic E-state index is 0.631. The Hall–Kier alpha value is -1.62. The standard InChI is InChI=1S/C14H18N4S/c1-2-10-5-8-18(9-10)14-12(13(15)17-19-14)11-3-6-16-7-4-11/h3-4,6-7,10H,2,5,8-9H2,1H3,(H2,15,17). The van der Waals surface area contributed by atoms with E-state index < -0.39 is 0 Å². The molecule has 0 radical (unpaired) electrons. The molecule has 3 heterocycles. The molecule has 2 aromatic rings. The predicted octanol–water partition coefficient (Wildman–Crippen LogP) is 3.02. The monoisotopic (exact) mass is 274 g/mol. The fourth-order valence-electron chi connectivity index (χ4n) is 2.65. The summed E-state index contributed by atoms with van der Waals surface area (Å²) in [5.74, 6) is 1.43. The molecule has 0 amide bonds. The maximum atomic E-state index is 6.06. The van der Waals surface area contributed by atoms with Crippen LogP contribution < -0.4 is 10.6 Å². The average molecular weight is 274 g/mol. The molecule has 19 heavy (non-hydrogen) atoms. The van der Waals surface area contributed by atoms with E-state index >= 15 is 0 Å². The van der Waals surface area contributed by atoms with Gasteiger partial charge in [-0.25, -0.2) is 0 Å². The molecule has 5 heteroatoms. The number of rotatable bonds is 3. The predicted molar refractivity (Wildman–Crippen MR) is 80.4 cm³/mol. The quantitative estimate of drug-likeness (QED) is 0.934. The van der Waals surface area contributed by atoms with Crippen LogP contribution in [-0.2, 0) is 0 Å². The maximum Gasteiger partial charge on any atom is 0.147 e. The van der Waals surface area contributed by atoms with Gasteiger partial charge in [-0.1, -0.05) is 13.3 Å². The summed E-state index contributed by atoms with van der Waals surface area (Å²) in [6.07, 6.45) is 6.11. The van der Waals surface area contributed by atoms with Crippen molar-refractivity contribution in [3.05, 3.63) is 24.5 Å². The number of nitrogens with zero attached hydrogens (tertiary/aromatic N) is 3. The van der Waals surface area contributed by atoms with Gasteiger partial charge in [0.1, 0.15) is 10.8 Å². The number of nitrogen functional groups attached to an aromatic ring is 1. The third-order valence-corrected chi connectivity index (χ3v) is 4.74. The van der Waals surface area contributed by atoms with E-state index in [0.29, 0.717) is 5.82 Å². The summed E-state index contributed by atoms with van der Waals surface area (Å²) in [6, 6.07) is 3.99. The number of anilines is 2. The Balaban J connectivity index is 1.96. The van der Waals surface area contributed by atoms with Crippen LogP contribution >= 0.6 is 11.5 Å². The summed E-state index contributed by atoms with van der Waals surface area (Å²) in [6.45, 7) is 4.49. The first-order valence-electron chi connectivity index (χ1n) is 6.70. The van der Waals surface area contributed by atoms with Crippen molar-refractivity contribution in [1.82, 2.24) is 9.36 Å². The molecule has 0 saturated carbocycles. The van der Waals surface area contributed by atoms with Crippen molar-refractivity contribution < 1.29 is 0 Å². The van der Waals surface area contributed by atoms with E-state index in [0.717, 1.165) is 30.1 Å². The Kier molecular flexibility index (Phi) is 3.38. The number of aromatic nitrogens is 2. The zero-order valence-electron chi connectivity index (χ0n) is 11.0. The minimum Gasteiger partial charge on any atom is -0.382 e. The molecule has 2 N–H and O–H groups in total. The highest BCUT2D eigenvalue weighted by Crippen LogP contribution is 2.41. The lowest BCUT2D eigenvalue weighted by molar-refractivity contribution is 0.569. The molecule has 0 aliphatic carbocycles. The Bertz CT molecular complexity index is 552. The van der Waals surface area contributed by atoms with Crippen LogP contribution in [0.25, 0.3) is 11.1 Å². The van der Waals surface area contributed by atoms with Crippen molar-refractivity contribution in [3.8, 4) is 11.1 Å². The van der Waals surface area contributed by atoms with Gasteiger partial charge in [-0.3, -0.25) is 4.98 Å².